The van der Waals surface area contributed by atoms with Crippen molar-refractivity contribution < 1.29 is 9.13 Å². The van der Waals surface area contributed by atoms with Crippen LogP contribution in [0.4, 0.5) is 10.1 Å². The maximum Gasteiger partial charge on any atom is 0.230 e. The summed E-state index contributed by atoms with van der Waals surface area (Å²) in [5.74, 6) is -0.102. The zero-order valence-electron chi connectivity index (χ0n) is 10.8. The minimum atomic E-state index is -0.518. The standard InChI is InChI=1S/C15H12FN3O/c1-9-6-14(11(16)7-12(9)17)20-15-10-4-2-3-5-13(10)18-8-19-15/h2-8H,17H2,1H3. The molecule has 0 aliphatic heterocycles. The molecule has 100 valence electrons. The SMILES string of the molecule is Cc1cc(Oc2ncnc3ccccc23)c(F)cc1N. The summed E-state index contributed by atoms with van der Waals surface area (Å²) < 4.78 is 19.4. The third kappa shape index (κ3) is 2.14. The molecule has 5 heteroatoms. The molecule has 0 unspecified atom stereocenters. The molecule has 20 heavy (non-hydrogen) atoms. The Bertz CT molecular complexity index is 784. The molecular weight excluding hydrogens is 257 g/mol. The number of aromatic nitrogens is 2. The van der Waals surface area contributed by atoms with E-state index in [1.807, 2.05) is 24.3 Å². The molecule has 3 aromatic rings. The van der Waals surface area contributed by atoms with E-state index in [-0.39, 0.29) is 5.75 Å². The van der Waals surface area contributed by atoms with E-state index >= 15 is 0 Å². The second-order valence-corrected chi connectivity index (χ2v) is 4.44. The molecule has 1 heterocycles. The van der Waals surface area contributed by atoms with Gasteiger partial charge in [0.2, 0.25) is 5.88 Å². The summed E-state index contributed by atoms with van der Waals surface area (Å²) in [6.07, 6.45) is 1.39. The highest BCUT2D eigenvalue weighted by Crippen LogP contribution is 2.30. The summed E-state index contributed by atoms with van der Waals surface area (Å²) in [5.41, 5.74) is 7.53. The number of nitrogens with zero attached hydrogens (tertiary/aromatic N) is 2. The summed E-state index contributed by atoms with van der Waals surface area (Å²) in [6, 6.07) is 10.2. The first-order valence-electron chi connectivity index (χ1n) is 6.08. The van der Waals surface area contributed by atoms with E-state index in [1.165, 1.54) is 12.4 Å². The summed E-state index contributed by atoms with van der Waals surface area (Å²) in [6.45, 7) is 1.79. The molecule has 0 bridgehead atoms. The highest BCUT2D eigenvalue weighted by molar-refractivity contribution is 5.83. The number of fused-ring (bicyclic) bond motifs is 1. The Hall–Kier alpha value is -2.69. The van der Waals surface area contributed by atoms with Gasteiger partial charge >= 0.3 is 0 Å². The third-order valence-electron chi connectivity index (χ3n) is 3.03. The first-order chi connectivity index (χ1) is 9.65. The summed E-state index contributed by atoms with van der Waals surface area (Å²) in [7, 11) is 0. The van der Waals surface area contributed by atoms with Crippen LogP contribution < -0.4 is 10.5 Å². The number of hydrogen-bond donors (Lipinski definition) is 1. The van der Waals surface area contributed by atoms with Gasteiger partial charge in [0.25, 0.3) is 0 Å². The number of ether oxygens (including phenoxy) is 1. The monoisotopic (exact) mass is 269 g/mol. The number of hydrogen-bond acceptors (Lipinski definition) is 4. The summed E-state index contributed by atoms with van der Waals surface area (Å²) in [5, 5.41) is 0.726. The van der Waals surface area contributed by atoms with Crippen LogP contribution in [0.5, 0.6) is 11.6 Å². The van der Waals surface area contributed by atoms with E-state index in [0.717, 1.165) is 16.5 Å². The lowest BCUT2D eigenvalue weighted by atomic mass is 10.2. The molecule has 2 N–H and O–H groups in total. The van der Waals surface area contributed by atoms with E-state index in [4.69, 9.17) is 10.5 Å². The smallest absolute Gasteiger partial charge is 0.230 e. The first kappa shape index (κ1) is 12.3. The number of para-hydroxylation sites is 1. The molecule has 0 radical (unpaired) electrons. The van der Waals surface area contributed by atoms with Gasteiger partial charge < -0.3 is 10.5 Å². The Morgan fingerprint density at radius 3 is 2.80 bits per heavy atom. The fourth-order valence-electron chi connectivity index (χ4n) is 1.91. The molecular formula is C15H12FN3O. The Kier molecular flexibility index (Phi) is 2.95. The molecule has 0 aliphatic carbocycles. The number of halogens is 1. The Labute approximate surface area is 115 Å². The van der Waals surface area contributed by atoms with E-state index in [9.17, 15) is 4.39 Å². The average Bonchev–Trinajstić information content (AvgIpc) is 2.45. The highest BCUT2D eigenvalue weighted by atomic mass is 19.1. The molecule has 0 saturated carbocycles. The van der Waals surface area contributed by atoms with Crippen LogP contribution >= 0.6 is 0 Å². The number of nitrogen functional groups attached to an aromatic ring is 1. The van der Waals surface area contributed by atoms with Crippen LogP contribution in [0, 0.1) is 12.7 Å². The maximum absolute atomic E-state index is 13.9. The molecule has 0 saturated heterocycles. The van der Waals surface area contributed by atoms with Gasteiger partial charge in [-0.1, -0.05) is 12.1 Å². The number of benzene rings is 2. The molecule has 4 nitrogen and oxygen atoms in total. The minimum Gasteiger partial charge on any atom is -0.435 e. The van der Waals surface area contributed by atoms with Crippen molar-refractivity contribution in [2.45, 2.75) is 6.92 Å². The average molecular weight is 269 g/mol. The summed E-state index contributed by atoms with van der Waals surface area (Å²) >= 11 is 0. The van der Waals surface area contributed by atoms with Crippen LogP contribution in [-0.4, -0.2) is 9.97 Å². The largest absolute Gasteiger partial charge is 0.435 e. The van der Waals surface area contributed by atoms with Crippen LogP contribution in [0.3, 0.4) is 0 Å². The molecule has 0 spiro atoms. The van der Waals surface area contributed by atoms with Gasteiger partial charge in [0.1, 0.15) is 6.33 Å². The van der Waals surface area contributed by atoms with Crippen molar-refractivity contribution in [3.8, 4) is 11.6 Å². The van der Waals surface area contributed by atoms with E-state index in [1.54, 1.807) is 13.0 Å². The van der Waals surface area contributed by atoms with Gasteiger partial charge in [-0.25, -0.2) is 14.4 Å². The minimum absolute atomic E-state index is 0.0977. The predicted molar refractivity (Wildman–Crippen MR) is 75.2 cm³/mol. The van der Waals surface area contributed by atoms with Crippen molar-refractivity contribution in [2.24, 2.45) is 0 Å². The molecule has 0 fully saturated rings. The zero-order chi connectivity index (χ0) is 14.1. The van der Waals surface area contributed by atoms with Gasteiger partial charge in [-0.05, 0) is 30.7 Å². The van der Waals surface area contributed by atoms with Gasteiger partial charge in [0.15, 0.2) is 11.6 Å². The lowest BCUT2D eigenvalue weighted by Crippen LogP contribution is -1.97. The number of nitrogens with two attached hydrogens (primary N) is 1. The highest BCUT2D eigenvalue weighted by Gasteiger charge is 2.11. The number of anilines is 1. The molecule has 3 rings (SSSR count). The maximum atomic E-state index is 13.9. The fourth-order valence-corrected chi connectivity index (χ4v) is 1.91. The third-order valence-corrected chi connectivity index (χ3v) is 3.03. The van der Waals surface area contributed by atoms with Crippen molar-refractivity contribution in [1.29, 1.82) is 0 Å². The summed E-state index contributed by atoms with van der Waals surface area (Å²) in [4.78, 5) is 8.20. The van der Waals surface area contributed by atoms with E-state index in [0.29, 0.717) is 11.6 Å². The number of rotatable bonds is 2. The lowest BCUT2D eigenvalue weighted by Gasteiger charge is -2.10. The molecule has 0 aliphatic rings. The van der Waals surface area contributed by atoms with Crippen LogP contribution in [0.2, 0.25) is 0 Å². The second-order valence-electron chi connectivity index (χ2n) is 4.44. The quantitative estimate of drug-likeness (QED) is 0.724. The Morgan fingerprint density at radius 1 is 1.15 bits per heavy atom. The van der Waals surface area contributed by atoms with Crippen molar-refractivity contribution in [2.75, 3.05) is 5.73 Å². The first-order valence-corrected chi connectivity index (χ1v) is 6.08. The van der Waals surface area contributed by atoms with Crippen molar-refractivity contribution in [1.82, 2.24) is 9.97 Å². The van der Waals surface area contributed by atoms with Gasteiger partial charge in [0.05, 0.1) is 10.9 Å². The Morgan fingerprint density at radius 2 is 1.95 bits per heavy atom. The van der Waals surface area contributed by atoms with Gasteiger partial charge in [-0.2, -0.15) is 0 Å². The molecule has 2 aromatic carbocycles. The fraction of sp³-hybridized carbons (Fsp3) is 0.0667. The predicted octanol–water partition coefficient (Wildman–Crippen LogP) is 3.45. The van der Waals surface area contributed by atoms with E-state index < -0.39 is 5.82 Å². The van der Waals surface area contributed by atoms with Gasteiger partial charge in [0, 0.05) is 11.8 Å². The Balaban J connectivity index is 2.08. The second kappa shape index (κ2) is 4.77. The normalized spacial score (nSPS) is 10.7. The van der Waals surface area contributed by atoms with Crippen LogP contribution in [0.15, 0.2) is 42.7 Å². The van der Waals surface area contributed by atoms with E-state index in [2.05, 4.69) is 9.97 Å². The van der Waals surface area contributed by atoms with Crippen molar-refractivity contribution in [3.63, 3.8) is 0 Å². The number of aryl methyl sites for hydroxylation is 1. The zero-order valence-corrected chi connectivity index (χ0v) is 10.8. The van der Waals surface area contributed by atoms with Gasteiger partial charge in [-0.3, -0.25) is 0 Å². The van der Waals surface area contributed by atoms with Crippen molar-refractivity contribution in [3.05, 3.63) is 54.1 Å². The topological polar surface area (TPSA) is 61.0 Å². The van der Waals surface area contributed by atoms with Crippen LogP contribution in [0.1, 0.15) is 5.56 Å². The van der Waals surface area contributed by atoms with Gasteiger partial charge in [-0.15, -0.1) is 0 Å². The molecule has 0 atom stereocenters. The van der Waals surface area contributed by atoms with Crippen molar-refractivity contribution >= 4 is 16.6 Å². The lowest BCUT2D eigenvalue weighted by molar-refractivity contribution is 0.431. The molecule has 0 amide bonds. The molecule has 1 aromatic heterocycles. The van der Waals surface area contributed by atoms with Crippen LogP contribution in [-0.2, 0) is 0 Å². The van der Waals surface area contributed by atoms with Crippen LogP contribution in [0.25, 0.3) is 10.9 Å².